The fraction of sp³-hybridized carbons (Fsp3) is 0.312. The highest BCUT2D eigenvalue weighted by Gasteiger charge is 2.20. The maximum Gasteiger partial charge on any atom is 0.238 e. The lowest BCUT2D eigenvalue weighted by molar-refractivity contribution is -0.117. The molecule has 7 nitrogen and oxygen atoms in total. The molecule has 1 aromatic heterocycles. The summed E-state index contributed by atoms with van der Waals surface area (Å²) in [5.41, 5.74) is 7.08. The van der Waals surface area contributed by atoms with Crippen LogP contribution in [0.25, 0.3) is 0 Å². The lowest BCUT2D eigenvalue weighted by Crippen LogP contribution is -2.49. The third-order valence-electron chi connectivity index (χ3n) is 3.77. The van der Waals surface area contributed by atoms with Gasteiger partial charge >= 0.3 is 0 Å². The Morgan fingerprint density at radius 2 is 1.74 bits per heavy atom. The Balaban J connectivity index is 1.47. The van der Waals surface area contributed by atoms with E-state index in [1.54, 1.807) is 42.7 Å². The van der Waals surface area contributed by atoms with Gasteiger partial charge in [0.15, 0.2) is 0 Å². The van der Waals surface area contributed by atoms with E-state index in [9.17, 15) is 4.79 Å². The van der Waals surface area contributed by atoms with E-state index in [-0.39, 0.29) is 5.91 Å². The van der Waals surface area contributed by atoms with Crippen molar-refractivity contribution in [2.45, 2.75) is 0 Å². The predicted molar refractivity (Wildman–Crippen MR) is 90.2 cm³/mol. The fourth-order valence-electron chi connectivity index (χ4n) is 2.53. The van der Waals surface area contributed by atoms with Gasteiger partial charge in [-0.2, -0.15) is 0 Å². The standard InChI is InChI=1S/C16H20N6O/c17-13-2-4-14(5-3-13)20-15(23)12-21-8-10-22(11-9-21)16-18-6-1-7-19-16/h1-7H,8-12,17H2,(H,20,23). The summed E-state index contributed by atoms with van der Waals surface area (Å²) in [5, 5.41) is 2.88. The van der Waals surface area contributed by atoms with Crippen LogP contribution < -0.4 is 16.0 Å². The van der Waals surface area contributed by atoms with Crippen LogP contribution in [0.3, 0.4) is 0 Å². The molecule has 1 aromatic carbocycles. The highest BCUT2D eigenvalue weighted by atomic mass is 16.2. The quantitative estimate of drug-likeness (QED) is 0.813. The van der Waals surface area contributed by atoms with E-state index in [1.165, 1.54) is 0 Å². The Bertz CT molecular complexity index is 637. The molecule has 3 rings (SSSR count). The minimum Gasteiger partial charge on any atom is -0.399 e. The molecule has 0 saturated carbocycles. The molecule has 0 bridgehead atoms. The van der Waals surface area contributed by atoms with Crippen molar-refractivity contribution in [3.8, 4) is 0 Å². The Kier molecular flexibility index (Phi) is 4.68. The van der Waals surface area contributed by atoms with Crippen molar-refractivity contribution in [1.82, 2.24) is 14.9 Å². The van der Waals surface area contributed by atoms with Gasteiger partial charge in [-0.15, -0.1) is 0 Å². The van der Waals surface area contributed by atoms with Crippen LogP contribution >= 0.6 is 0 Å². The lowest BCUT2D eigenvalue weighted by atomic mass is 10.3. The van der Waals surface area contributed by atoms with Crippen LogP contribution in [-0.2, 0) is 4.79 Å². The normalized spacial score (nSPS) is 15.4. The van der Waals surface area contributed by atoms with Gasteiger partial charge in [-0.3, -0.25) is 9.69 Å². The molecule has 23 heavy (non-hydrogen) atoms. The molecule has 0 aliphatic carbocycles. The largest absolute Gasteiger partial charge is 0.399 e. The molecule has 0 atom stereocenters. The first kappa shape index (κ1) is 15.2. The summed E-state index contributed by atoms with van der Waals surface area (Å²) in [6.45, 7) is 3.65. The fourth-order valence-corrected chi connectivity index (χ4v) is 2.53. The van der Waals surface area contributed by atoms with E-state index in [4.69, 9.17) is 5.73 Å². The third-order valence-corrected chi connectivity index (χ3v) is 3.77. The number of aromatic nitrogens is 2. The number of piperazine rings is 1. The van der Waals surface area contributed by atoms with Gasteiger partial charge in [0.25, 0.3) is 0 Å². The summed E-state index contributed by atoms with van der Waals surface area (Å²) in [6, 6.07) is 8.96. The van der Waals surface area contributed by atoms with Crippen molar-refractivity contribution in [2.75, 3.05) is 48.7 Å². The van der Waals surface area contributed by atoms with E-state index in [0.717, 1.165) is 37.8 Å². The van der Waals surface area contributed by atoms with Gasteiger partial charge in [0.1, 0.15) is 0 Å². The topological polar surface area (TPSA) is 87.4 Å². The highest BCUT2D eigenvalue weighted by molar-refractivity contribution is 5.92. The smallest absolute Gasteiger partial charge is 0.238 e. The van der Waals surface area contributed by atoms with Crippen LogP contribution in [0.2, 0.25) is 0 Å². The summed E-state index contributed by atoms with van der Waals surface area (Å²) in [5.74, 6) is 0.734. The van der Waals surface area contributed by atoms with Crippen molar-refractivity contribution >= 4 is 23.2 Å². The van der Waals surface area contributed by atoms with Gasteiger partial charge in [0.2, 0.25) is 11.9 Å². The van der Waals surface area contributed by atoms with Crippen molar-refractivity contribution in [3.05, 3.63) is 42.7 Å². The van der Waals surface area contributed by atoms with Crippen LogP contribution in [-0.4, -0.2) is 53.5 Å². The summed E-state index contributed by atoms with van der Waals surface area (Å²) in [7, 11) is 0. The number of carbonyl (C=O) groups excluding carboxylic acids is 1. The Hall–Kier alpha value is -2.67. The van der Waals surface area contributed by atoms with Gasteiger partial charge < -0.3 is 16.0 Å². The number of hydrogen-bond acceptors (Lipinski definition) is 6. The van der Waals surface area contributed by atoms with E-state index in [2.05, 4.69) is 25.1 Å². The van der Waals surface area contributed by atoms with Crippen LogP contribution in [0.5, 0.6) is 0 Å². The molecule has 0 unspecified atom stereocenters. The number of nitrogens with one attached hydrogen (secondary N) is 1. The molecule has 7 heteroatoms. The van der Waals surface area contributed by atoms with Crippen molar-refractivity contribution in [1.29, 1.82) is 0 Å². The van der Waals surface area contributed by atoms with Crippen molar-refractivity contribution in [3.63, 3.8) is 0 Å². The second kappa shape index (κ2) is 7.06. The van der Waals surface area contributed by atoms with Crippen molar-refractivity contribution in [2.24, 2.45) is 0 Å². The number of nitrogens with zero attached hydrogens (tertiary/aromatic N) is 4. The summed E-state index contributed by atoms with van der Waals surface area (Å²) >= 11 is 0. The maximum absolute atomic E-state index is 12.1. The van der Waals surface area contributed by atoms with E-state index >= 15 is 0 Å². The second-order valence-electron chi connectivity index (χ2n) is 5.48. The van der Waals surface area contributed by atoms with E-state index < -0.39 is 0 Å². The Labute approximate surface area is 135 Å². The number of amides is 1. The zero-order valence-corrected chi connectivity index (χ0v) is 12.9. The number of nitrogens with two attached hydrogens (primary N) is 1. The van der Waals surface area contributed by atoms with Crippen molar-refractivity contribution < 1.29 is 4.79 Å². The average molecular weight is 312 g/mol. The van der Waals surface area contributed by atoms with Crippen LogP contribution in [0.1, 0.15) is 0 Å². The molecule has 1 fully saturated rings. The molecule has 1 amide bonds. The molecule has 120 valence electrons. The van der Waals surface area contributed by atoms with E-state index in [0.29, 0.717) is 12.2 Å². The van der Waals surface area contributed by atoms with Crippen LogP contribution in [0.15, 0.2) is 42.7 Å². The molecule has 1 aliphatic heterocycles. The zero-order chi connectivity index (χ0) is 16.1. The number of hydrogen-bond donors (Lipinski definition) is 2. The van der Waals surface area contributed by atoms with Gasteiger partial charge in [-0.1, -0.05) is 0 Å². The summed E-state index contributed by atoms with van der Waals surface area (Å²) in [4.78, 5) is 24.9. The first-order valence-electron chi connectivity index (χ1n) is 7.60. The van der Waals surface area contributed by atoms with Crippen LogP contribution in [0.4, 0.5) is 17.3 Å². The van der Waals surface area contributed by atoms with Crippen LogP contribution in [0, 0.1) is 0 Å². The van der Waals surface area contributed by atoms with E-state index in [1.807, 2.05) is 0 Å². The minimum absolute atomic E-state index is 0.0146. The predicted octanol–water partition coefficient (Wildman–Crippen LogP) is 0.819. The second-order valence-corrected chi connectivity index (χ2v) is 5.48. The monoisotopic (exact) mass is 312 g/mol. The average Bonchev–Trinajstić information content (AvgIpc) is 2.58. The first-order valence-corrected chi connectivity index (χ1v) is 7.60. The molecule has 3 N–H and O–H groups in total. The van der Waals surface area contributed by atoms with Gasteiger partial charge in [-0.25, -0.2) is 9.97 Å². The minimum atomic E-state index is -0.0146. The Morgan fingerprint density at radius 1 is 1.09 bits per heavy atom. The molecule has 1 aliphatic rings. The zero-order valence-electron chi connectivity index (χ0n) is 12.9. The van der Waals surface area contributed by atoms with Gasteiger partial charge in [-0.05, 0) is 30.3 Å². The highest BCUT2D eigenvalue weighted by Crippen LogP contribution is 2.12. The molecule has 2 heterocycles. The molecular formula is C16H20N6O. The number of anilines is 3. The Morgan fingerprint density at radius 3 is 2.39 bits per heavy atom. The van der Waals surface area contributed by atoms with Gasteiger partial charge in [0.05, 0.1) is 6.54 Å². The number of carbonyl (C=O) groups is 1. The molecule has 0 radical (unpaired) electrons. The molecule has 2 aromatic rings. The molecular weight excluding hydrogens is 292 g/mol. The van der Waals surface area contributed by atoms with Gasteiger partial charge in [0, 0.05) is 49.9 Å². The third kappa shape index (κ3) is 4.17. The SMILES string of the molecule is Nc1ccc(NC(=O)CN2CCN(c3ncccn3)CC2)cc1. The summed E-state index contributed by atoms with van der Waals surface area (Å²) < 4.78 is 0. The molecule has 0 spiro atoms. The first-order chi connectivity index (χ1) is 11.2. The lowest BCUT2D eigenvalue weighted by Gasteiger charge is -2.34. The maximum atomic E-state index is 12.1. The number of nitrogen functional groups attached to an aromatic ring is 1. The number of rotatable bonds is 4. The number of benzene rings is 1. The molecule has 1 saturated heterocycles. The summed E-state index contributed by atoms with van der Waals surface area (Å²) in [6.07, 6.45) is 3.49.